The standard InChI is InChI=1S/C15H19NO3/c1-19-14-9-5-4-8-12(14)13(17)10-16-15(18)11-6-2-3-7-11/h4-5,8-9,11H,2-3,6-7,10H2,1H3,(H,16,18). The first-order valence-electron chi connectivity index (χ1n) is 6.66. The maximum absolute atomic E-state index is 12.0. The number of benzene rings is 1. The Hall–Kier alpha value is -1.84. The third-order valence-electron chi connectivity index (χ3n) is 3.56. The second-order valence-corrected chi connectivity index (χ2v) is 4.82. The number of para-hydroxylation sites is 1. The minimum absolute atomic E-state index is 0.000693. The molecule has 1 fully saturated rings. The molecular formula is C15H19NO3. The summed E-state index contributed by atoms with van der Waals surface area (Å²) >= 11 is 0. The van der Waals surface area contributed by atoms with E-state index in [2.05, 4.69) is 5.32 Å². The Morgan fingerprint density at radius 3 is 2.63 bits per heavy atom. The maximum Gasteiger partial charge on any atom is 0.223 e. The van der Waals surface area contributed by atoms with Crippen LogP contribution in [0, 0.1) is 5.92 Å². The van der Waals surface area contributed by atoms with E-state index in [-0.39, 0.29) is 24.2 Å². The van der Waals surface area contributed by atoms with Crippen molar-refractivity contribution in [2.45, 2.75) is 25.7 Å². The molecular weight excluding hydrogens is 242 g/mol. The van der Waals surface area contributed by atoms with Gasteiger partial charge in [-0.05, 0) is 25.0 Å². The molecule has 19 heavy (non-hydrogen) atoms. The summed E-state index contributed by atoms with van der Waals surface area (Å²) in [6.07, 6.45) is 4.10. The fourth-order valence-electron chi connectivity index (χ4n) is 2.47. The van der Waals surface area contributed by atoms with E-state index in [1.54, 1.807) is 18.2 Å². The topological polar surface area (TPSA) is 55.4 Å². The van der Waals surface area contributed by atoms with Crippen LogP contribution in [-0.4, -0.2) is 25.3 Å². The quantitative estimate of drug-likeness (QED) is 0.827. The van der Waals surface area contributed by atoms with Crippen molar-refractivity contribution in [3.63, 3.8) is 0 Å². The molecule has 1 aromatic rings. The SMILES string of the molecule is COc1ccccc1C(=O)CNC(=O)C1CCCC1. The molecule has 0 unspecified atom stereocenters. The van der Waals surface area contributed by atoms with E-state index in [0.717, 1.165) is 25.7 Å². The third-order valence-corrected chi connectivity index (χ3v) is 3.56. The van der Waals surface area contributed by atoms with Gasteiger partial charge in [0.05, 0.1) is 19.2 Å². The highest BCUT2D eigenvalue weighted by molar-refractivity contribution is 6.01. The van der Waals surface area contributed by atoms with Crippen molar-refractivity contribution >= 4 is 11.7 Å². The van der Waals surface area contributed by atoms with Crippen LogP contribution in [0.1, 0.15) is 36.0 Å². The minimum atomic E-state index is -0.121. The predicted molar refractivity (Wildman–Crippen MR) is 72.3 cm³/mol. The summed E-state index contributed by atoms with van der Waals surface area (Å²) in [6, 6.07) is 7.05. The summed E-state index contributed by atoms with van der Waals surface area (Å²) in [6.45, 7) is 0.0374. The van der Waals surface area contributed by atoms with E-state index in [0.29, 0.717) is 11.3 Å². The molecule has 2 rings (SSSR count). The lowest BCUT2D eigenvalue weighted by Crippen LogP contribution is -2.33. The molecule has 0 radical (unpaired) electrons. The number of hydrogen-bond acceptors (Lipinski definition) is 3. The molecule has 0 aliphatic heterocycles. The number of carbonyl (C=O) groups excluding carboxylic acids is 2. The van der Waals surface area contributed by atoms with Crippen LogP contribution in [0.25, 0.3) is 0 Å². The first-order valence-corrected chi connectivity index (χ1v) is 6.66. The molecule has 4 nitrogen and oxygen atoms in total. The van der Waals surface area contributed by atoms with Gasteiger partial charge in [-0.25, -0.2) is 0 Å². The first-order chi connectivity index (χ1) is 9.22. The summed E-state index contributed by atoms with van der Waals surface area (Å²) in [5.41, 5.74) is 0.511. The van der Waals surface area contributed by atoms with Crippen molar-refractivity contribution in [2.24, 2.45) is 5.92 Å². The average Bonchev–Trinajstić information content (AvgIpc) is 2.98. The van der Waals surface area contributed by atoms with Gasteiger partial charge in [-0.15, -0.1) is 0 Å². The number of amides is 1. The lowest BCUT2D eigenvalue weighted by Gasteiger charge is -2.11. The van der Waals surface area contributed by atoms with Crippen molar-refractivity contribution < 1.29 is 14.3 Å². The molecule has 1 aliphatic carbocycles. The molecule has 0 saturated heterocycles. The molecule has 1 amide bonds. The third kappa shape index (κ3) is 3.34. The first kappa shape index (κ1) is 13.6. The molecule has 1 aromatic carbocycles. The van der Waals surface area contributed by atoms with Crippen LogP contribution < -0.4 is 10.1 Å². The van der Waals surface area contributed by atoms with Crippen molar-refractivity contribution in [3.05, 3.63) is 29.8 Å². The maximum atomic E-state index is 12.0. The van der Waals surface area contributed by atoms with E-state index in [9.17, 15) is 9.59 Å². The normalized spacial score (nSPS) is 15.2. The Morgan fingerprint density at radius 2 is 1.95 bits per heavy atom. The van der Waals surface area contributed by atoms with Gasteiger partial charge in [0.25, 0.3) is 0 Å². The number of nitrogens with one attached hydrogen (secondary N) is 1. The fourth-order valence-corrected chi connectivity index (χ4v) is 2.47. The molecule has 0 aromatic heterocycles. The van der Waals surface area contributed by atoms with Gasteiger partial charge in [0.1, 0.15) is 5.75 Å². The summed E-state index contributed by atoms with van der Waals surface area (Å²) in [4.78, 5) is 23.9. The summed E-state index contributed by atoms with van der Waals surface area (Å²) in [5.74, 6) is 0.512. The van der Waals surface area contributed by atoms with Crippen molar-refractivity contribution in [2.75, 3.05) is 13.7 Å². The molecule has 1 aliphatic rings. The van der Waals surface area contributed by atoms with Crippen molar-refractivity contribution in [3.8, 4) is 5.75 Å². The highest BCUT2D eigenvalue weighted by Crippen LogP contribution is 2.24. The number of rotatable bonds is 5. The largest absolute Gasteiger partial charge is 0.496 e. The van der Waals surface area contributed by atoms with E-state index < -0.39 is 0 Å². The minimum Gasteiger partial charge on any atom is -0.496 e. The Bertz CT molecular complexity index is 464. The van der Waals surface area contributed by atoms with E-state index in [1.807, 2.05) is 6.07 Å². The lowest BCUT2D eigenvalue weighted by atomic mass is 10.1. The summed E-state index contributed by atoms with van der Waals surface area (Å²) in [7, 11) is 1.53. The number of hydrogen-bond donors (Lipinski definition) is 1. The Labute approximate surface area is 113 Å². The molecule has 1 saturated carbocycles. The second-order valence-electron chi connectivity index (χ2n) is 4.82. The van der Waals surface area contributed by atoms with Gasteiger partial charge < -0.3 is 10.1 Å². The Morgan fingerprint density at radius 1 is 1.26 bits per heavy atom. The average molecular weight is 261 g/mol. The number of methoxy groups -OCH3 is 1. The monoisotopic (exact) mass is 261 g/mol. The van der Waals surface area contributed by atoms with Crippen LogP contribution in [-0.2, 0) is 4.79 Å². The zero-order valence-corrected chi connectivity index (χ0v) is 11.1. The summed E-state index contributed by atoms with van der Waals surface area (Å²) in [5, 5.41) is 2.73. The number of ether oxygens (including phenoxy) is 1. The Balaban J connectivity index is 1.92. The van der Waals surface area contributed by atoms with Gasteiger partial charge in [0.15, 0.2) is 5.78 Å². The molecule has 1 N–H and O–H groups in total. The zero-order chi connectivity index (χ0) is 13.7. The predicted octanol–water partition coefficient (Wildman–Crippen LogP) is 2.18. The van der Waals surface area contributed by atoms with Gasteiger partial charge in [0, 0.05) is 5.92 Å². The molecule has 0 bridgehead atoms. The second kappa shape index (κ2) is 6.36. The number of ketones is 1. The number of carbonyl (C=O) groups is 2. The van der Waals surface area contributed by atoms with Gasteiger partial charge in [-0.2, -0.15) is 0 Å². The zero-order valence-electron chi connectivity index (χ0n) is 11.1. The highest BCUT2D eigenvalue weighted by atomic mass is 16.5. The molecule has 0 atom stereocenters. The van der Waals surface area contributed by atoms with E-state index in [1.165, 1.54) is 7.11 Å². The van der Waals surface area contributed by atoms with Gasteiger partial charge in [-0.1, -0.05) is 25.0 Å². The van der Waals surface area contributed by atoms with E-state index in [4.69, 9.17) is 4.74 Å². The summed E-state index contributed by atoms with van der Waals surface area (Å²) < 4.78 is 5.14. The Kier molecular flexibility index (Phi) is 4.55. The van der Waals surface area contributed by atoms with E-state index >= 15 is 0 Å². The van der Waals surface area contributed by atoms with Gasteiger partial charge in [0.2, 0.25) is 5.91 Å². The lowest BCUT2D eigenvalue weighted by molar-refractivity contribution is -0.124. The van der Waals surface area contributed by atoms with Crippen LogP contribution in [0.3, 0.4) is 0 Å². The molecule has 0 spiro atoms. The van der Waals surface area contributed by atoms with Crippen LogP contribution in [0.4, 0.5) is 0 Å². The molecule has 102 valence electrons. The van der Waals surface area contributed by atoms with Gasteiger partial charge >= 0.3 is 0 Å². The smallest absolute Gasteiger partial charge is 0.223 e. The molecule has 4 heteroatoms. The molecule has 0 heterocycles. The van der Waals surface area contributed by atoms with Crippen LogP contribution >= 0.6 is 0 Å². The van der Waals surface area contributed by atoms with Crippen LogP contribution in [0.5, 0.6) is 5.75 Å². The van der Waals surface area contributed by atoms with Crippen LogP contribution in [0.2, 0.25) is 0 Å². The van der Waals surface area contributed by atoms with Gasteiger partial charge in [-0.3, -0.25) is 9.59 Å². The fraction of sp³-hybridized carbons (Fsp3) is 0.467. The number of Topliss-reactive ketones (excluding diaryl/α,β-unsaturated/α-hetero) is 1. The van der Waals surface area contributed by atoms with Crippen LogP contribution in [0.15, 0.2) is 24.3 Å². The highest BCUT2D eigenvalue weighted by Gasteiger charge is 2.23. The van der Waals surface area contributed by atoms with Crippen molar-refractivity contribution in [1.29, 1.82) is 0 Å². The van der Waals surface area contributed by atoms with Crippen molar-refractivity contribution in [1.82, 2.24) is 5.32 Å².